The van der Waals surface area contributed by atoms with Crippen LogP contribution in [0, 0.1) is 0 Å². The Morgan fingerprint density at radius 3 is 2.30 bits per heavy atom. The van der Waals surface area contributed by atoms with Crippen molar-refractivity contribution in [2.24, 2.45) is 0 Å². The Morgan fingerprint density at radius 2 is 1.63 bits per heavy atom. The van der Waals surface area contributed by atoms with Crippen LogP contribution in [0.5, 0.6) is 11.5 Å². The van der Waals surface area contributed by atoms with Crippen molar-refractivity contribution in [1.29, 1.82) is 0 Å². The van der Waals surface area contributed by atoms with E-state index in [1.54, 1.807) is 35.0 Å². The number of rotatable bonds is 11. The SMILES string of the molecule is COc1cc(OC)c(Cl)c(-c2cc3cnc(Nc4ccccc4)cc3n(Cc3cccc(NC(=O)/C=C/CN(C)C)c3)c2=O)c1Cl. The molecule has 5 rings (SSSR count). The van der Waals surface area contributed by atoms with Crippen LogP contribution in [0.15, 0.2) is 95.9 Å². The smallest absolute Gasteiger partial charge is 0.259 e. The molecule has 0 radical (unpaired) electrons. The van der Waals surface area contributed by atoms with Gasteiger partial charge in [-0.05, 0) is 50.0 Å². The minimum absolute atomic E-state index is 0.175. The summed E-state index contributed by atoms with van der Waals surface area (Å²) in [6, 6.07) is 22.1. The number of methoxy groups -OCH3 is 2. The number of carbonyl (C=O) groups excluding carboxylic acids is 1. The summed E-state index contributed by atoms with van der Waals surface area (Å²) in [4.78, 5) is 33.5. The highest BCUT2D eigenvalue weighted by molar-refractivity contribution is 6.41. The maximum absolute atomic E-state index is 14.4. The number of pyridine rings is 2. The molecule has 2 aromatic heterocycles. The van der Waals surface area contributed by atoms with Gasteiger partial charge < -0.3 is 29.6 Å². The van der Waals surface area contributed by atoms with E-state index < -0.39 is 0 Å². The topological polar surface area (TPSA) is 97.7 Å². The third-order valence-electron chi connectivity index (χ3n) is 7.14. The molecule has 0 saturated carbocycles. The van der Waals surface area contributed by atoms with Crippen LogP contribution >= 0.6 is 23.2 Å². The summed E-state index contributed by atoms with van der Waals surface area (Å²) in [5.41, 5.74) is 3.06. The van der Waals surface area contributed by atoms with Crippen LogP contribution in [0.2, 0.25) is 10.0 Å². The van der Waals surface area contributed by atoms with Gasteiger partial charge in [-0.1, -0.05) is 59.6 Å². The van der Waals surface area contributed by atoms with Crippen LogP contribution in [0.25, 0.3) is 22.0 Å². The first kappa shape index (κ1) is 32.6. The summed E-state index contributed by atoms with van der Waals surface area (Å²) in [7, 11) is 6.81. The molecule has 2 heterocycles. The van der Waals surface area contributed by atoms with Gasteiger partial charge in [-0.3, -0.25) is 9.59 Å². The molecule has 11 heteroatoms. The molecule has 46 heavy (non-hydrogen) atoms. The number of fused-ring (bicyclic) bond motifs is 1. The molecular formula is C35H33Cl2N5O4. The summed E-state index contributed by atoms with van der Waals surface area (Å²) < 4.78 is 12.6. The highest BCUT2D eigenvalue weighted by atomic mass is 35.5. The van der Waals surface area contributed by atoms with Crippen LogP contribution in [-0.2, 0) is 11.3 Å². The lowest BCUT2D eigenvalue weighted by Gasteiger charge is -2.18. The predicted octanol–water partition coefficient (Wildman–Crippen LogP) is 7.24. The van der Waals surface area contributed by atoms with Crippen molar-refractivity contribution < 1.29 is 14.3 Å². The number of anilines is 3. The molecule has 0 fully saturated rings. The van der Waals surface area contributed by atoms with Crippen molar-refractivity contribution in [1.82, 2.24) is 14.5 Å². The number of nitrogens with zero attached hydrogens (tertiary/aromatic N) is 3. The fraction of sp³-hybridized carbons (Fsp3) is 0.171. The summed E-state index contributed by atoms with van der Waals surface area (Å²) in [6.07, 6.45) is 4.98. The van der Waals surface area contributed by atoms with Gasteiger partial charge in [0.25, 0.3) is 5.56 Å². The van der Waals surface area contributed by atoms with Gasteiger partial charge in [0.05, 0.1) is 41.9 Å². The summed E-state index contributed by atoms with van der Waals surface area (Å²) in [5.74, 6) is 0.937. The molecule has 0 spiro atoms. The van der Waals surface area contributed by atoms with Gasteiger partial charge in [0, 0.05) is 53.3 Å². The molecule has 0 atom stereocenters. The van der Waals surface area contributed by atoms with Gasteiger partial charge in [0.2, 0.25) is 5.91 Å². The maximum atomic E-state index is 14.4. The van der Waals surface area contributed by atoms with Crippen molar-refractivity contribution >= 4 is 57.2 Å². The van der Waals surface area contributed by atoms with Gasteiger partial charge in [-0.15, -0.1) is 0 Å². The largest absolute Gasteiger partial charge is 0.495 e. The lowest BCUT2D eigenvalue weighted by Crippen LogP contribution is -2.23. The number of hydrogen-bond acceptors (Lipinski definition) is 7. The lowest BCUT2D eigenvalue weighted by atomic mass is 10.0. The monoisotopic (exact) mass is 657 g/mol. The van der Waals surface area contributed by atoms with E-state index in [1.165, 1.54) is 20.3 Å². The number of para-hydroxylation sites is 1. The number of benzene rings is 3. The minimum Gasteiger partial charge on any atom is -0.495 e. The van der Waals surface area contributed by atoms with E-state index in [2.05, 4.69) is 15.6 Å². The van der Waals surface area contributed by atoms with E-state index in [4.69, 9.17) is 32.7 Å². The Kier molecular flexibility index (Phi) is 10.3. The normalized spacial score (nSPS) is 11.3. The number of aromatic nitrogens is 2. The second-order valence-electron chi connectivity index (χ2n) is 10.7. The van der Waals surface area contributed by atoms with Crippen molar-refractivity contribution in [3.63, 3.8) is 0 Å². The fourth-order valence-corrected chi connectivity index (χ4v) is 5.66. The van der Waals surface area contributed by atoms with Crippen LogP contribution in [-0.4, -0.2) is 55.2 Å². The highest BCUT2D eigenvalue weighted by Gasteiger charge is 2.23. The van der Waals surface area contributed by atoms with Crippen LogP contribution in [0.4, 0.5) is 17.2 Å². The first-order valence-electron chi connectivity index (χ1n) is 14.4. The summed E-state index contributed by atoms with van der Waals surface area (Å²) in [5, 5.41) is 7.23. The second kappa shape index (κ2) is 14.5. The Labute approximate surface area is 277 Å². The van der Waals surface area contributed by atoms with Crippen LogP contribution in [0.3, 0.4) is 0 Å². The van der Waals surface area contributed by atoms with Gasteiger partial charge >= 0.3 is 0 Å². The Morgan fingerprint density at radius 1 is 0.935 bits per heavy atom. The number of nitrogens with one attached hydrogen (secondary N) is 2. The third kappa shape index (κ3) is 7.34. The molecule has 5 aromatic rings. The van der Waals surface area contributed by atoms with Crippen molar-refractivity contribution in [3.05, 3.63) is 117 Å². The van der Waals surface area contributed by atoms with Gasteiger partial charge in [-0.2, -0.15) is 0 Å². The first-order valence-corrected chi connectivity index (χ1v) is 15.1. The molecule has 0 saturated heterocycles. The van der Waals surface area contributed by atoms with E-state index in [-0.39, 0.29) is 39.2 Å². The zero-order valence-corrected chi connectivity index (χ0v) is 27.3. The molecule has 9 nitrogen and oxygen atoms in total. The van der Waals surface area contributed by atoms with Crippen molar-refractivity contribution in [2.75, 3.05) is 45.5 Å². The maximum Gasteiger partial charge on any atom is 0.259 e. The number of ether oxygens (including phenoxy) is 2. The average Bonchev–Trinajstić information content (AvgIpc) is 3.04. The third-order valence-corrected chi connectivity index (χ3v) is 7.89. The number of likely N-dealkylation sites (N-methyl/N-ethyl adjacent to an activating group) is 1. The Bertz CT molecular complexity index is 1950. The predicted molar refractivity (Wildman–Crippen MR) is 186 cm³/mol. The number of hydrogen-bond donors (Lipinski definition) is 2. The zero-order valence-electron chi connectivity index (χ0n) is 25.8. The molecule has 3 aromatic carbocycles. The molecule has 0 aliphatic rings. The quantitative estimate of drug-likeness (QED) is 0.145. The molecular weight excluding hydrogens is 625 g/mol. The van der Waals surface area contributed by atoms with E-state index in [9.17, 15) is 9.59 Å². The summed E-state index contributed by atoms with van der Waals surface area (Å²) >= 11 is 13.5. The van der Waals surface area contributed by atoms with Crippen LogP contribution < -0.4 is 25.7 Å². The number of carbonyl (C=O) groups is 1. The van der Waals surface area contributed by atoms with Gasteiger partial charge in [0.1, 0.15) is 17.3 Å². The molecule has 0 aliphatic carbocycles. The van der Waals surface area contributed by atoms with Gasteiger partial charge in [-0.25, -0.2) is 4.98 Å². The molecule has 2 N–H and O–H groups in total. The van der Waals surface area contributed by atoms with E-state index in [1.807, 2.05) is 73.6 Å². The average molecular weight is 659 g/mol. The van der Waals surface area contributed by atoms with Crippen molar-refractivity contribution in [3.8, 4) is 22.6 Å². The minimum atomic E-state index is -0.343. The number of amides is 1. The second-order valence-corrected chi connectivity index (χ2v) is 11.5. The standard InChI is InChI=1S/C35H33Cl2N5O4/c1-41(2)15-9-14-31(43)40-25-13-8-10-22(16-25)21-42-27-18-30(39-24-11-6-5-7-12-24)38-20-23(27)17-26(35(42)44)32-33(36)28(45-3)19-29(46-4)34(32)37/h5-14,16-20H,15,21H2,1-4H3,(H,38,39)(H,40,43)/b14-9+. The fourth-order valence-electron chi connectivity index (χ4n) is 4.95. The van der Waals surface area contributed by atoms with E-state index >= 15 is 0 Å². The molecule has 0 aliphatic heterocycles. The van der Waals surface area contributed by atoms with E-state index in [0.29, 0.717) is 40.5 Å². The lowest BCUT2D eigenvalue weighted by molar-refractivity contribution is -0.111. The first-order chi connectivity index (χ1) is 22.2. The highest BCUT2D eigenvalue weighted by Crippen LogP contribution is 2.45. The molecule has 1 amide bonds. The molecule has 0 bridgehead atoms. The zero-order chi connectivity index (χ0) is 32.8. The van der Waals surface area contributed by atoms with Crippen molar-refractivity contribution in [2.45, 2.75) is 6.54 Å². The van der Waals surface area contributed by atoms with Crippen LogP contribution in [0.1, 0.15) is 5.56 Å². The Hall–Kier alpha value is -4.83. The number of halogens is 2. The Balaban J connectivity index is 1.63. The molecule has 236 valence electrons. The summed E-state index contributed by atoms with van der Waals surface area (Å²) in [6.45, 7) is 0.817. The van der Waals surface area contributed by atoms with Gasteiger partial charge in [0.15, 0.2) is 0 Å². The van der Waals surface area contributed by atoms with E-state index in [0.717, 1.165) is 11.3 Å². The molecule has 0 unspecified atom stereocenters.